The number of carboxylic acid groups (broad SMARTS) is 1. The van der Waals surface area contributed by atoms with Crippen LogP contribution in [0.25, 0.3) is 0 Å². The van der Waals surface area contributed by atoms with Crippen molar-refractivity contribution in [3.63, 3.8) is 0 Å². The van der Waals surface area contributed by atoms with Gasteiger partial charge in [0.05, 0.1) is 26.2 Å². The van der Waals surface area contributed by atoms with Crippen molar-refractivity contribution >= 4 is 17.8 Å². The number of nitrogens with one attached hydrogen (secondary N) is 1. The molecule has 0 spiro atoms. The molecule has 0 unspecified atom stereocenters. The summed E-state index contributed by atoms with van der Waals surface area (Å²) in [6.45, 7) is 0. The van der Waals surface area contributed by atoms with Crippen LogP contribution in [-0.2, 0) is 9.59 Å². The van der Waals surface area contributed by atoms with Crippen molar-refractivity contribution in [1.29, 1.82) is 0 Å². The molecule has 8 nitrogen and oxygen atoms in total. The number of carbonyl (C=O) groups excluding carboxylic acids is 2. The normalized spacial score (nSPS) is 11.3. The van der Waals surface area contributed by atoms with E-state index >= 15 is 0 Å². The third kappa shape index (κ3) is 4.37. The number of hydrogen-bond donors (Lipinski definition) is 3. The van der Waals surface area contributed by atoms with Crippen LogP contribution in [0.4, 0.5) is 0 Å². The van der Waals surface area contributed by atoms with Gasteiger partial charge in [0.15, 0.2) is 0 Å². The SMILES string of the molecule is COc1ccc(OC)c(C(=O)N[C@@H](CC(N)=O)C(=O)O)c1. The molecule has 0 saturated heterocycles. The first-order valence-corrected chi connectivity index (χ1v) is 5.93. The minimum Gasteiger partial charge on any atom is -0.497 e. The van der Waals surface area contributed by atoms with E-state index < -0.39 is 30.2 Å². The standard InChI is InChI=1S/C13H16N2O6/c1-20-7-3-4-10(21-2)8(5-7)12(17)15-9(13(18)19)6-11(14)16/h3-5,9H,6H2,1-2H3,(H2,14,16)(H,15,17)(H,18,19)/t9-/m0/s1. The van der Waals surface area contributed by atoms with Crippen molar-refractivity contribution < 1.29 is 29.0 Å². The van der Waals surface area contributed by atoms with Crippen molar-refractivity contribution in [3.8, 4) is 11.5 Å². The fraction of sp³-hybridized carbons (Fsp3) is 0.308. The molecule has 1 atom stereocenters. The van der Waals surface area contributed by atoms with Gasteiger partial charge in [0.2, 0.25) is 5.91 Å². The number of benzene rings is 1. The molecule has 114 valence electrons. The Kier molecular flexibility index (Phi) is 5.53. The maximum atomic E-state index is 12.1. The first-order chi connectivity index (χ1) is 9.88. The zero-order valence-electron chi connectivity index (χ0n) is 11.6. The number of amides is 2. The Labute approximate surface area is 120 Å². The van der Waals surface area contributed by atoms with Crippen LogP contribution in [0, 0.1) is 0 Å². The summed E-state index contributed by atoms with van der Waals surface area (Å²) in [6, 6.07) is 3.09. The van der Waals surface area contributed by atoms with Gasteiger partial charge < -0.3 is 25.6 Å². The molecule has 1 rings (SSSR count). The minimum atomic E-state index is -1.41. The summed E-state index contributed by atoms with van der Waals surface area (Å²) in [5.74, 6) is -2.25. The molecular formula is C13H16N2O6. The van der Waals surface area contributed by atoms with E-state index in [2.05, 4.69) is 5.32 Å². The van der Waals surface area contributed by atoms with Crippen LogP contribution >= 0.6 is 0 Å². The highest BCUT2D eigenvalue weighted by Crippen LogP contribution is 2.23. The van der Waals surface area contributed by atoms with Gasteiger partial charge in [0.1, 0.15) is 17.5 Å². The number of methoxy groups -OCH3 is 2. The van der Waals surface area contributed by atoms with Crippen LogP contribution in [0.15, 0.2) is 18.2 Å². The second kappa shape index (κ2) is 7.13. The van der Waals surface area contributed by atoms with E-state index in [4.69, 9.17) is 20.3 Å². The molecule has 1 aromatic carbocycles. The molecular weight excluding hydrogens is 280 g/mol. The van der Waals surface area contributed by atoms with E-state index in [-0.39, 0.29) is 11.3 Å². The van der Waals surface area contributed by atoms with E-state index in [1.165, 1.54) is 26.4 Å². The summed E-state index contributed by atoms with van der Waals surface area (Å²) in [7, 11) is 2.80. The largest absolute Gasteiger partial charge is 0.497 e. The fourth-order valence-corrected chi connectivity index (χ4v) is 1.63. The maximum Gasteiger partial charge on any atom is 0.326 e. The molecule has 0 bridgehead atoms. The Morgan fingerprint density at radius 2 is 1.95 bits per heavy atom. The third-order valence-electron chi connectivity index (χ3n) is 2.66. The number of aliphatic carboxylic acids is 1. The Morgan fingerprint density at radius 1 is 1.29 bits per heavy atom. The molecule has 0 radical (unpaired) electrons. The Bertz CT molecular complexity index is 558. The molecule has 0 saturated carbocycles. The second-order valence-electron chi connectivity index (χ2n) is 4.10. The smallest absolute Gasteiger partial charge is 0.326 e. The van der Waals surface area contributed by atoms with Gasteiger partial charge in [-0.05, 0) is 18.2 Å². The zero-order valence-corrected chi connectivity index (χ0v) is 11.6. The summed E-state index contributed by atoms with van der Waals surface area (Å²) in [6.07, 6.45) is -0.507. The van der Waals surface area contributed by atoms with Crippen molar-refractivity contribution in [2.75, 3.05) is 14.2 Å². The Hall–Kier alpha value is -2.77. The summed E-state index contributed by atoms with van der Waals surface area (Å²) in [4.78, 5) is 33.9. The summed E-state index contributed by atoms with van der Waals surface area (Å²) in [5, 5.41) is 11.2. The number of carboxylic acids is 1. The summed E-state index contributed by atoms with van der Waals surface area (Å²) in [5.41, 5.74) is 5.04. The molecule has 2 amide bonds. The molecule has 0 aliphatic carbocycles. The molecule has 21 heavy (non-hydrogen) atoms. The molecule has 4 N–H and O–H groups in total. The Morgan fingerprint density at radius 3 is 2.43 bits per heavy atom. The first-order valence-electron chi connectivity index (χ1n) is 5.93. The lowest BCUT2D eigenvalue weighted by Gasteiger charge is -2.15. The van der Waals surface area contributed by atoms with Crippen LogP contribution in [0.2, 0.25) is 0 Å². The zero-order chi connectivity index (χ0) is 16.0. The molecule has 1 aromatic rings. The topological polar surface area (TPSA) is 128 Å². The van der Waals surface area contributed by atoms with Crippen molar-refractivity contribution in [1.82, 2.24) is 5.32 Å². The van der Waals surface area contributed by atoms with Crippen LogP contribution in [0.3, 0.4) is 0 Å². The lowest BCUT2D eigenvalue weighted by atomic mass is 10.1. The minimum absolute atomic E-state index is 0.0903. The summed E-state index contributed by atoms with van der Waals surface area (Å²) < 4.78 is 10.0. The molecule has 8 heteroatoms. The maximum absolute atomic E-state index is 12.1. The number of nitrogens with two attached hydrogens (primary N) is 1. The number of hydrogen-bond acceptors (Lipinski definition) is 5. The van der Waals surface area contributed by atoms with Gasteiger partial charge >= 0.3 is 5.97 Å². The van der Waals surface area contributed by atoms with Crippen molar-refractivity contribution in [2.45, 2.75) is 12.5 Å². The third-order valence-corrected chi connectivity index (χ3v) is 2.66. The van der Waals surface area contributed by atoms with Gasteiger partial charge in [0.25, 0.3) is 5.91 Å². The van der Waals surface area contributed by atoms with Crippen molar-refractivity contribution in [2.24, 2.45) is 5.73 Å². The first kappa shape index (κ1) is 16.3. The average Bonchev–Trinajstić information content (AvgIpc) is 2.45. The predicted molar refractivity (Wildman–Crippen MR) is 72.2 cm³/mol. The lowest BCUT2D eigenvalue weighted by Crippen LogP contribution is -2.43. The van der Waals surface area contributed by atoms with E-state index in [9.17, 15) is 14.4 Å². The molecule has 0 aliphatic heterocycles. The van der Waals surface area contributed by atoms with E-state index in [0.29, 0.717) is 5.75 Å². The van der Waals surface area contributed by atoms with E-state index in [0.717, 1.165) is 0 Å². The van der Waals surface area contributed by atoms with Crippen LogP contribution in [0.5, 0.6) is 11.5 Å². The van der Waals surface area contributed by atoms with E-state index in [1.807, 2.05) is 0 Å². The molecule has 0 aromatic heterocycles. The molecule has 0 fully saturated rings. The van der Waals surface area contributed by atoms with Gasteiger partial charge in [-0.2, -0.15) is 0 Å². The highest BCUT2D eigenvalue weighted by molar-refractivity contribution is 6.00. The number of primary amides is 1. The molecule has 0 aliphatic rings. The molecule has 0 heterocycles. The highest BCUT2D eigenvalue weighted by atomic mass is 16.5. The number of rotatable bonds is 7. The highest BCUT2D eigenvalue weighted by Gasteiger charge is 2.24. The van der Waals surface area contributed by atoms with Gasteiger partial charge in [-0.25, -0.2) is 4.79 Å². The fourth-order valence-electron chi connectivity index (χ4n) is 1.63. The lowest BCUT2D eigenvalue weighted by molar-refractivity contribution is -0.140. The predicted octanol–water partition coefficient (Wildman–Crippen LogP) is -0.238. The number of ether oxygens (including phenoxy) is 2. The second-order valence-corrected chi connectivity index (χ2v) is 4.10. The number of carbonyl (C=O) groups is 3. The van der Waals surface area contributed by atoms with Crippen LogP contribution < -0.4 is 20.5 Å². The van der Waals surface area contributed by atoms with E-state index in [1.54, 1.807) is 6.07 Å². The Balaban J connectivity index is 3.01. The summed E-state index contributed by atoms with van der Waals surface area (Å²) >= 11 is 0. The van der Waals surface area contributed by atoms with Gasteiger partial charge in [-0.15, -0.1) is 0 Å². The van der Waals surface area contributed by atoms with Gasteiger partial charge in [-0.1, -0.05) is 0 Å². The van der Waals surface area contributed by atoms with Gasteiger partial charge in [-0.3, -0.25) is 9.59 Å². The van der Waals surface area contributed by atoms with Gasteiger partial charge in [0, 0.05) is 0 Å². The quantitative estimate of drug-likeness (QED) is 0.637. The van der Waals surface area contributed by atoms with Crippen LogP contribution in [0.1, 0.15) is 16.8 Å². The van der Waals surface area contributed by atoms with Crippen molar-refractivity contribution in [3.05, 3.63) is 23.8 Å². The monoisotopic (exact) mass is 296 g/mol. The van der Waals surface area contributed by atoms with Crippen LogP contribution in [-0.4, -0.2) is 43.2 Å². The average molecular weight is 296 g/mol.